The Hall–Kier alpha value is -0.980. The first-order valence-electron chi connectivity index (χ1n) is 6.14. The molecule has 0 radical (unpaired) electrons. The van der Waals surface area contributed by atoms with Crippen LogP contribution in [0.3, 0.4) is 0 Å². The fraction of sp³-hybridized carbons (Fsp3) is 0.538. The average molecular weight is 313 g/mol. The summed E-state index contributed by atoms with van der Waals surface area (Å²) in [5.74, 6) is -9.68. The van der Waals surface area contributed by atoms with Crippen molar-refractivity contribution in [2.24, 2.45) is 0 Å². The summed E-state index contributed by atoms with van der Waals surface area (Å²) in [6.07, 6.45) is 3.24. The van der Waals surface area contributed by atoms with Gasteiger partial charge in [0.2, 0.25) is 5.82 Å². The number of hydrogen-bond donors (Lipinski definition) is 1. The molecule has 0 spiro atoms. The number of halogens is 5. The lowest BCUT2D eigenvalue weighted by Gasteiger charge is -2.30. The van der Waals surface area contributed by atoms with Crippen LogP contribution in [0.15, 0.2) is 0 Å². The van der Waals surface area contributed by atoms with E-state index in [2.05, 4.69) is 5.32 Å². The zero-order valence-corrected chi connectivity index (χ0v) is 12.2. The van der Waals surface area contributed by atoms with E-state index in [9.17, 15) is 22.0 Å². The molecule has 0 unspecified atom stereocenters. The molecule has 1 nitrogen and oxygen atoms in total. The van der Waals surface area contributed by atoms with Crippen LogP contribution in [0.25, 0.3) is 0 Å². The molecule has 7 heteroatoms. The van der Waals surface area contributed by atoms with Gasteiger partial charge in [0.25, 0.3) is 0 Å². The molecule has 0 atom stereocenters. The molecule has 0 bridgehead atoms. The van der Waals surface area contributed by atoms with E-state index in [-0.39, 0.29) is 11.3 Å². The number of nitrogens with one attached hydrogen (secondary N) is 1. The zero-order valence-electron chi connectivity index (χ0n) is 11.4. The van der Waals surface area contributed by atoms with Gasteiger partial charge in [0, 0.05) is 11.3 Å². The quantitative estimate of drug-likeness (QED) is 0.463. The van der Waals surface area contributed by atoms with Gasteiger partial charge in [-0.05, 0) is 19.1 Å². The Morgan fingerprint density at radius 2 is 1.25 bits per heavy atom. The van der Waals surface area contributed by atoms with Gasteiger partial charge in [-0.2, -0.15) is 11.8 Å². The standard InChI is InChI=1S/C13H16F5NS/c1-4-13(5-2,20-3)6-19-12-10(17)8(15)7(14)9(16)11(12)18/h19H,4-6H2,1-3H3. The van der Waals surface area contributed by atoms with E-state index in [1.54, 1.807) is 0 Å². The summed E-state index contributed by atoms with van der Waals surface area (Å²) >= 11 is 1.49. The number of thioether (sulfide) groups is 1. The minimum Gasteiger partial charge on any atom is -0.379 e. The van der Waals surface area contributed by atoms with Gasteiger partial charge in [0.05, 0.1) is 0 Å². The van der Waals surface area contributed by atoms with Gasteiger partial charge in [0.1, 0.15) is 5.69 Å². The fourth-order valence-electron chi connectivity index (χ4n) is 1.87. The molecule has 0 saturated heterocycles. The first-order chi connectivity index (χ1) is 9.33. The lowest BCUT2D eigenvalue weighted by atomic mass is 10.0. The van der Waals surface area contributed by atoms with Crippen LogP contribution in [0, 0.1) is 29.1 Å². The highest BCUT2D eigenvalue weighted by atomic mass is 32.2. The van der Waals surface area contributed by atoms with Crippen molar-refractivity contribution in [1.29, 1.82) is 0 Å². The SMILES string of the molecule is CCC(CC)(CNc1c(F)c(F)c(F)c(F)c1F)SC. The van der Waals surface area contributed by atoms with Crippen molar-refractivity contribution in [3.63, 3.8) is 0 Å². The van der Waals surface area contributed by atoms with Crippen LogP contribution in [0.2, 0.25) is 0 Å². The second-order valence-electron chi connectivity index (χ2n) is 4.39. The number of rotatable bonds is 6. The molecule has 0 heterocycles. The molecule has 1 N–H and O–H groups in total. The maximum Gasteiger partial charge on any atom is 0.200 e. The maximum atomic E-state index is 13.5. The van der Waals surface area contributed by atoms with Gasteiger partial charge in [0.15, 0.2) is 23.3 Å². The Morgan fingerprint density at radius 1 is 0.850 bits per heavy atom. The third kappa shape index (κ3) is 3.02. The smallest absolute Gasteiger partial charge is 0.200 e. The Balaban J connectivity index is 3.11. The highest BCUT2D eigenvalue weighted by Crippen LogP contribution is 2.33. The average Bonchev–Trinajstić information content (AvgIpc) is 2.47. The molecule has 114 valence electrons. The first kappa shape index (κ1) is 17.1. The van der Waals surface area contributed by atoms with Crippen molar-refractivity contribution in [2.45, 2.75) is 31.4 Å². The Morgan fingerprint density at radius 3 is 1.60 bits per heavy atom. The van der Waals surface area contributed by atoms with Crippen LogP contribution in [0.5, 0.6) is 0 Å². The zero-order chi connectivity index (χ0) is 15.5. The van der Waals surface area contributed by atoms with E-state index in [1.165, 1.54) is 11.8 Å². The summed E-state index contributed by atoms with van der Waals surface area (Å²) < 4.78 is 65.7. The van der Waals surface area contributed by atoms with Crippen molar-refractivity contribution in [3.05, 3.63) is 29.1 Å². The molecule has 0 aliphatic heterocycles. The van der Waals surface area contributed by atoms with Crippen molar-refractivity contribution in [3.8, 4) is 0 Å². The summed E-state index contributed by atoms with van der Waals surface area (Å²) in [5, 5.41) is 2.37. The molecule has 20 heavy (non-hydrogen) atoms. The van der Waals surface area contributed by atoms with Crippen LogP contribution < -0.4 is 5.32 Å². The van der Waals surface area contributed by atoms with Gasteiger partial charge in [-0.25, -0.2) is 22.0 Å². The van der Waals surface area contributed by atoms with Crippen molar-refractivity contribution < 1.29 is 22.0 Å². The molecule has 0 aliphatic carbocycles. The topological polar surface area (TPSA) is 12.0 Å². The Bertz CT molecular complexity index is 451. The second kappa shape index (κ2) is 6.65. The minimum absolute atomic E-state index is 0.111. The van der Waals surface area contributed by atoms with Crippen LogP contribution >= 0.6 is 11.8 Å². The first-order valence-corrected chi connectivity index (χ1v) is 7.36. The van der Waals surface area contributed by atoms with E-state index < -0.39 is 34.8 Å². The molecule has 1 rings (SSSR count). The molecular formula is C13H16F5NS. The third-order valence-corrected chi connectivity index (χ3v) is 5.11. The van der Waals surface area contributed by atoms with E-state index in [0.29, 0.717) is 12.8 Å². The maximum absolute atomic E-state index is 13.5. The molecular weight excluding hydrogens is 297 g/mol. The summed E-state index contributed by atoms with van der Waals surface area (Å²) in [4.78, 5) is 0. The van der Waals surface area contributed by atoms with Crippen LogP contribution in [-0.2, 0) is 0 Å². The predicted molar refractivity (Wildman–Crippen MR) is 71.5 cm³/mol. The molecule has 1 aromatic carbocycles. The number of benzene rings is 1. The van der Waals surface area contributed by atoms with Crippen molar-refractivity contribution >= 4 is 17.4 Å². The highest BCUT2D eigenvalue weighted by molar-refractivity contribution is 8.00. The monoisotopic (exact) mass is 313 g/mol. The predicted octanol–water partition coefficient (Wildman–Crippen LogP) is 4.72. The molecule has 1 aromatic rings. The van der Waals surface area contributed by atoms with E-state index in [1.807, 2.05) is 20.1 Å². The second-order valence-corrected chi connectivity index (χ2v) is 5.67. The minimum atomic E-state index is -2.15. The summed E-state index contributed by atoms with van der Waals surface area (Å²) in [6, 6.07) is 0. The third-order valence-electron chi connectivity index (χ3n) is 3.52. The number of hydrogen-bond acceptors (Lipinski definition) is 2. The van der Waals surface area contributed by atoms with Gasteiger partial charge in [-0.15, -0.1) is 0 Å². The molecule has 0 fully saturated rings. The largest absolute Gasteiger partial charge is 0.379 e. The molecule has 0 aliphatic rings. The van der Waals surface area contributed by atoms with Gasteiger partial charge >= 0.3 is 0 Å². The van der Waals surface area contributed by atoms with E-state index in [0.717, 1.165) is 0 Å². The lowest BCUT2D eigenvalue weighted by Crippen LogP contribution is -2.32. The van der Waals surface area contributed by atoms with E-state index >= 15 is 0 Å². The van der Waals surface area contributed by atoms with Gasteiger partial charge in [-0.1, -0.05) is 13.8 Å². The van der Waals surface area contributed by atoms with E-state index in [4.69, 9.17) is 0 Å². The Labute approximate surface area is 118 Å². The normalized spacial score (nSPS) is 11.8. The summed E-state index contributed by atoms with van der Waals surface area (Å²) in [7, 11) is 0. The fourth-order valence-corrected chi connectivity index (χ4v) is 2.66. The number of anilines is 1. The lowest BCUT2D eigenvalue weighted by molar-refractivity contribution is 0.381. The van der Waals surface area contributed by atoms with Crippen LogP contribution in [-0.4, -0.2) is 17.5 Å². The highest BCUT2D eigenvalue weighted by Gasteiger charge is 2.29. The molecule has 0 amide bonds. The molecule has 0 saturated carbocycles. The summed E-state index contributed by atoms with van der Waals surface area (Å²) in [5.41, 5.74) is -0.971. The van der Waals surface area contributed by atoms with Crippen LogP contribution in [0.4, 0.5) is 27.6 Å². The van der Waals surface area contributed by atoms with Crippen molar-refractivity contribution in [1.82, 2.24) is 0 Å². The van der Waals surface area contributed by atoms with Gasteiger partial charge < -0.3 is 5.32 Å². The molecule has 0 aromatic heterocycles. The Kier molecular flexibility index (Phi) is 5.68. The van der Waals surface area contributed by atoms with Crippen molar-refractivity contribution in [2.75, 3.05) is 18.1 Å². The van der Waals surface area contributed by atoms with Gasteiger partial charge in [-0.3, -0.25) is 0 Å². The summed E-state index contributed by atoms with van der Waals surface area (Å²) in [6.45, 7) is 3.92. The van der Waals surface area contributed by atoms with Crippen LogP contribution in [0.1, 0.15) is 26.7 Å².